The molecule has 17 heavy (non-hydrogen) atoms. The number of rotatable bonds is 6. The summed E-state index contributed by atoms with van der Waals surface area (Å²) in [6.45, 7) is 17.9. The van der Waals surface area contributed by atoms with Crippen molar-refractivity contribution in [2.24, 2.45) is 0 Å². The standard InChI is InChI=1S/C13H30O2Si2/c1-9-10-11-14-16(5,6)12-15-17(7,8)13(2,3)4/h10-11H,9,12H2,1-8H3/b11-10+. The van der Waals surface area contributed by atoms with Crippen molar-refractivity contribution in [2.75, 3.05) is 6.23 Å². The maximum atomic E-state index is 6.23. The van der Waals surface area contributed by atoms with Gasteiger partial charge in [-0.15, -0.1) is 0 Å². The Kier molecular flexibility index (Phi) is 6.18. The fraction of sp³-hybridized carbons (Fsp3) is 0.846. The van der Waals surface area contributed by atoms with E-state index in [0.717, 1.165) is 12.7 Å². The average molecular weight is 275 g/mol. The van der Waals surface area contributed by atoms with Gasteiger partial charge in [0.15, 0.2) is 8.32 Å². The van der Waals surface area contributed by atoms with Crippen LogP contribution in [0.3, 0.4) is 0 Å². The van der Waals surface area contributed by atoms with E-state index in [1.165, 1.54) is 0 Å². The SMILES string of the molecule is CC/C=C/O[Si](C)(C)CO[Si](C)(C)C(C)(C)C. The van der Waals surface area contributed by atoms with Crippen LogP contribution in [0.2, 0.25) is 31.2 Å². The van der Waals surface area contributed by atoms with E-state index in [4.69, 9.17) is 8.85 Å². The van der Waals surface area contributed by atoms with E-state index in [0.29, 0.717) is 0 Å². The van der Waals surface area contributed by atoms with Gasteiger partial charge in [0.05, 0.1) is 12.5 Å². The van der Waals surface area contributed by atoms with Gasteiger partial charge in [-0.1, -0.05) is 33.8 Å². The fourth-order valence-electron chi connectivity index (χ4n) is 0.933. The van der Waals surface area contributed by atoms with E-state index < -0.39 is 16.6 Å². The minimum absolute atomic E-state index is 0.275. The Morgan fingerprint density at radius 2 is 1.59 bits per heavy atom. The van der Waals surface area contributed by atoms with Gasteiger partial charge in [0.25, 0.3) is 8.32 Å². The molecule has 4 heteroatoms. The summed E-state index contributed by atoms with van der Waals surface area (Å²) < 4.78 is 12.1. The lowest BCUT2D eigenvalue weighted by atomic mass is 10.2. The monoisotopic (exact) mass is 274 g/mol. The summed E-state index contributed by atoms with van der Waals surface area (Å²) in [5, 5.41) is 0.275. The zero-order chi connectivity index (χ0) is 13.7. The van der Waals surface area contributed by atoms with Gasteiger partial charge in [-0.3, -0.25) is 0 Å². The molecule has 102 valence electrons. The highest BCUT2D eigenvalue weighted by molar-refractivity contribution is 6.76. The molecule has 0 N–H and O–H groups in total. The Balaban J connectivity index is 4.31. The summed E-state index contributed by atoms with van der Waals surface area (Å²) in [7, 11) is -3.34. The molecule has 0 aliphatic carbocycles. The normalized spacial score (nSPS) is 14.4. The van der Waals surface area contributed by atoms with Gasteiger partial charge in [-0.25, -0.2) is 0 Å². The lowest BCUT2D eigenvalue weighted by Crippen LogP contribution is -2.46. The molecule has 0 aliphatic rings. The molecule has 0 saturated heterocycles. The molecule has 0 spiro atoms. The number of hydrogen-bond acceptors (Lipinski definition) is 2. The second-order valence-electron chi connectivity index (χ2n) is 6.71. The summed E-state index contributed by atoms with van der Waals surface area (Å²) in [5.41, 5.74) is 0. The smallest absolute Gasteiger partial charge is 0.268 e. The van der Waals surface area contributed by atoms with Crippen LogP contribution in [0.15, 0.2) is 12.3 Å². The highest BCUT2D eigenvalue weighted by atomic mass is 28.4. The molecule has 0 radical (unpaired) electrons. The van der Waals surface area contributed by atoms with Crippen molar-refractivity contribution in [1.29, 1.82) is 0 Å². The quantitative estimate of drug-likeness (QED) is 0.516. The Morgan fingerprint density at radius 3 is 2.00 bits per heavy atom. The van der Waals surface area contributed by atoms with Gasteiger partial charge in [-0.05, 0) is 37.6 Å². The van der Waals surface area contributed by atoms with Crippen LogP contribution in [0.5, 0.6) is 0 Å². The fourth-order valence-corrected chi connectivity index (χ4v) is 4.73. The third kappa shape index (κ3) is 6.43. The molecule has 0 fully saturated rings. The first-order chi connectivity index (χ1) is 7.52. The van der Waals surface area contributed by atoms with Gasteiger partial charge in [0.1, 0.15) is 0 Å². The van der Waals surface area contributed by atoms with Crippen LogP contribution in [-0.2, 0) is 8.85 Å². The van der Waals surface area contributed by atoms with Crippen molar-refractivity contribution >= 4 is 16.6 Å². The van der Waals surface area contributed by atoms with E-state index in [1.807, 2.05) is 6.26 Å². The predicted octanol–water partition coefficient (Wildman–Crippen LogP) is 4.69. The van der Waals surface area contributed by atoms with E-state index in [1.54, 1.807) is 0 Å². The molecule has 0 aromatic heterocycles. The number of hydrogen-bond donors (Lipinski definition) is 0. The van der Waals surface area contributed by atoms with Crippen molar-refractivity contribution in [3.05, 3.63) is 12.3 Å². The average Bonchev–Trinajstić information content (AvgIpc) is 2.14. The van der Waals surface area contributed by atoms with Crippen LogP contribution in [0.4, 0.5) is 0 Å². The van der Waals surface area contributed by atoms with Crippen LogP contribution in [-0.4, -0.2) is 22.9 Å². The molecule has 0 heterocycles. The minimum atomic E-state index is -1.70. The second-order valence-corrected chi connectivity index (χ2v) is 15.6. The first-order valence-electron chi connectivity index (χ1n) is 6.48. The third-order valence-corrected chi connectivity index (χ3v) is 9.69. The molecule has 0 aromatic carbocycles. The summed E-state index contributed by atoms with van der Waals surface area (Å²) in [5.74, 6) is 0. The Labute approximate surface area is 110 Å². The van der Waals surface area contributed by atoms with Crippen LogP contribution in [0.25, 0.3) is 0 Å². The molecular weight excluding hydrogens is 244 g/mol. The summed E-state index contributed by atoms with van der Waals surface area (Å²) >= 11 is 0. The van der Waals surface area contributed by atoms with Gasteiger partial charge in [0.2, 0.25) is 0 Å². The Bertz CT molecular complexity index is 253. The lowest BCUT2D eigenvalue weighted by molar-refractivity contribution is 0.312. The van der Waals surface area contributed by atoms with Crippen molar-refractivity contribution in [2.45, 2.75) is 65.3 Å². The van der Waals surface area contributed by atoms with Gasteiger partial charge in [-0.2, -0.15) is 0 Å². The molecule has 0 rings (SSSR count). The molecule has 2 nitrogen and oxygen atoms in total. The summed E-state index contributed by atoms with van der Waals surface area (Å²) in [6, 6.07) is 0. The lowest BCUT2D eigenvalue weighted by Gasteiger charge is -2.38. The van der Waals surface area contributed by atoms with Crippen molar-refractivity contribution in [3.63, 3.8) is 0 Å². The largest absolute Gasteiger partial charge is 0.548 e. The number of allylic oxidation sites excluding steroid dienone is 1. The molecule has 0 aromatic rings. The molecule has 0 unspecified atom stereocenters. The predicted molar refractivity (Wildman–Crippen MR) is 81.1 cm³/mol. The van der Waals surface area contributed by atoms with E-state index in [9.17, 15) is 0 Å². The highest BCUT2D eigenvalue weighted by Gasteiger charge is 2.39. The first kappa shape index (κ1) is 16.9. The minimum Gasteiger partial charge on any atom is -0.548 e. The van der Waals surface area contributed by atoms with Crippen LogP contribution < -0.4 is 0 Å². The van der Waals surface area contributed by atoms with Crippen molar-refractivity contribution < 1.29 is 8.85 Å². The summed E-state index contributed by atoms with van der Waals surface area (Å²) in [6.07, 6.45) is 5.72. The maximum Gasteiger partial charge on any atom is 0.268 e. The topological polar surface area (TPSA) is 18.5 Å². The van der Waals surface area contributed by atoms with Crippen LogP contribution >= 0.6 is 0 Å². The zero-order valence-electron chi connectivity index (χ0n) is 12.9. The van der Waals surface area contributed by atoms with E-state index in [2.05, 4.69) is 60.0 Å². The van der Waals surface area contributed by atoms with Gasteiger partial charge < -0.3 is 8.85 Å². The summed E-state index contributed by atoms with van der Waals surface area (Å²) in [4.78, 5) is 0. The molecule has 0 aliphatic heterocycles. The van der Waals surface area contributed by atoms with Crippen molar-refractivity contribution in [3.8, 4) is 0 Å². The van der Waals surface area contributed by atoms with E-state index in [-0.39, 0.29) is 5.04 Å². The zero-order valence-corrected chi connectivity index (χ0v) is 14.9. The van der Waals surface area contributed by atoms with Gasteiger partial charge in [0, 0.05) is 0 Å². The van der Waals surface area contributed by atoms with Crippen LogP contribution in [0, 0.1) is 0 Å². The molecule has 0 bridgehead atoms. The second kappa shape index (κ2) is 6.20. The molecule has 0 saturated carbocycles. The van der Waals surface area contributed by atoms with Crippen LogP contribution in [0.1, 0.15) is 34.1 Å². The highest BCUT2D eigenvalue weighted by Crippen LogP contribution is 2.36. The van der Waals surface area contributed by atoms with E-state index >= 15 is 0 Å². The van der Waals surface area contributed by atoms with Gasteiger partial charge >= 0.3 is 0 Å². The molecule has 0 amide bonds. The maximum absolute atomic E-state index is 6.23. The molecule has 0 atom stereocenters. The van der Waals surface area contributed by atoms with Crippen molar-refractivity contribution in [1.82, 2.24) is 0 Å². The molecular formula is C13H30O2Si2. The third-order valence-electron chi connectivity index (χ3n) is 3.31. The Hall–Kier alpha value is -0.0662. The first-order valence-corrected chi connectivity index (χ1v) is 12.5. The Morgan fingerprint density at radius 1 is 1.06 bits per heavy atom.